The molecule has 0 saturated carbocycles. The molecule has 0 aliphatic carbocycles. The van der Waals surface area contributed by atoms with Gasteiger partial charge < -0.3 is 5.32 Å². The molecule has 2 aromatic carbocycles. The lowest BCUT2D eigenvalue weighted by Gasteiger charge is -2.31. The van der Waals surface area contributed by atoms with E-state index in [9.17, 15) is 22.0 Å². The number of rotatable bonds is 6. The van der Waals surface area contributed by atoms with Crippen LogP contribution < -0.4 is 5.32 Å². The predicted octanol–water partition coefficient (Wildman–Crippen LogP) is 4.97. The maximum absolute atomic E-state index is 13.2. The van der Waals surface area contributed by atoms with Crippen LogP contribution in [-0.2, 0) is 14.8 Å². The largest absolute Gasteiger partial charge is 0.326 e. The van der Waals surface area contributed by atoms with Crippen molar-refractivity contribution in [3.05, 3.63) is 53.1 Å². The lowest BCUT2D eigenvalue weighted by molar-refractivity contribution is -0.120. The van der Waals surface area contributed by atoms with Gasteiger partial charge in [-0.15, -0.1) is 0 Å². The first-order chi connectivity index (χ1) is 14.6. The lowest BCUT2D eigenvalue weighted by Crippen LogP contribution is -2.41. The maximum atomic E-state index is 13.2. The molecule has 0 radical (unpaired) electrons. The van der Waals surface area contributed by atoms with E-state index < -0.39 is 15.8 Å². The highest BCUT2D eigenvalue weighted by molar-refractivity contribution is 7.99. The van der Waals surface area contributed by atoms with Gasteiger partial charge in [-0.3, -0.25) is 4.79 Å². The van der Waals surface area contributed by atoms with Crippen LogP contribution in [0.3, 0.4) is 0 Å². The number of benzene rings is 2. The van der Waals surface area contributed by atoms with Gasteiger partial charge in [0.25, 0.3) is 5.76 Å². The van der Waals surface area contributed by atoms with Gasteiger partial charge in [-0.25, -0.2) is 8.42 Å². The predicted molar refractivity (Wildman–Crippen MR) is 119 cm³/mol. The Balaban J connectivity index is 1.62. The first kappa shape index (κ1) is 23.7. The number of nitrogens with zero attached hydrogens (tertiary/aromatic N) is 1. The number of amides is 1. The van der Waals surface area contributed by atoms with Crippen molar-refractivity contribution < 1.29 is 22.0 Å². The second-order valence-corrected chi connectivity index (χ2v) is 10.7. The van der Waals surface area contributed by atoms with E-state index in [1.165, 1.54) is 16.4 Å². The van der Waals surface area contributed by atoms with Crippen molar-refractivity contribution in [1.29, 1.82) is 0 Å². The van der Waals surface area contributed by atoms with Crippen molar-refractivity contribution in [1.82, 2.24) is 4.31 Å². The van der Waals surface area contributed by atoms with E-state index in [0.717, 1.165) is 16.7 Å². The molecule has 1 aliphatic rings. The number of thioether (sulfide) groups is 1. The first-order valence-electron chi connectivity index (χ1n) is 10.0. The molecule has 0 atom stereocenters. The van der Waals surface area contributed by atoms with Crippen LogP contribution >= 0.6 is 11.8 Å². The Morgan fingerprint density at radius 2 is 1.61 bits per heavy atom. The Labute approximate surface area is 186 Å². The average molecular weight is 469 g/mol. The molecular formula is C22H26F2N2O3S2. The number of carbonyl (C=O) groups excluding carboxylic acids is 1. The molecule has 0 bridgehead atoms. The molecule has 1 fully saturated rings. The molecule has 3 rings (SSSR count). The van der Waals surface area contributed by atoms with Crippen LogP contribution in [0.25, 0.3) is 0 Å². The molecule has 9 heteroatoms. The number of halogens is 2. The van der Waals surface area contributed by atoms with Crippen molar-refractivity contribution in [3.63, 3.8) is 0 Å². The Kier molecular flexibility index (Phi) is 7.39. The zero-order valence-corrected chi connectivity index (χ0v) is 19.3. The molecular weight excluding hydrogens is 442 g/mol. The SMILES string of the molecule is Cc1cc(C)c(S(=O)(=O)N2CCC(C(=O)Nc3ccc(SC(F)F)cc3)CC2)c(C)c1. The van der Waals surface area contributed by atoms with Crippen molar-refractivity contribution >= 4 is 33.4 Å². The van der Waals surface area contributed by atoms with Gasteiger partial charge in [0.15, 0.2) is 0 Å². The third-order valence-corrected chi connectivity index (χ3v) is 8.30. The van der Waals surface area contributed by atoms with E-state index in [-0.39, 0.29) is 24.9 Å². The Hall–Kier alpha value is -1.97. The van der Waals surface area contributed by atoms with E-state index in [1.54, 1.807) is 26.0 Å². The second-order valence-electron chi connectivity index (χ2n) is 7.80. The Bertz CT molecular complexity index is 1030. The lowest BCUT2D eigenvalue weighted by atomic mass is 9.97. The molecule has 31 heavy (non-hydrogen) atoms. The summed E-state index contributed by atoms with van der Waals surface area (Å²) in [6, 6.07) is 9.98. The summed E-state index contributed by atoms with van der Waals surface area (Å²) in [4.78, 5) is 13.4. The number of hydrogen-bond donors (Lipinski definition) is 1. The number of anilines is 1. The topological polar surface area (TPSA) is 66.5 Å². The smallest absolute Gasteiger partial charge is 0.288 e. The highest BCUT2D eigenvalue weighted by Crippen LogP contribution is 2.30. The summed E-state index contributed by atoms with van der Waals surface area (Å²) in [6.07, 6.45) is 0.850. The molecule has 1 heterocycles. The molecule has 5 nitrogen and oxygen atoms in total. The third-order valence-electron chi connectivity index (χ3n) is 5.37. The molecule has 1 N–H and O–H groups in total. The summed E-state index contributed by atoms with van der Waals surface area (Å²) in [5.74, 6) is -2.98. The molecule has 0 unspecified atom stereocenters. The normalized spacial score (nSPS) is 15.9. The zero-order valence-electron chi connectivity index (χ0n) is 17.7. The summed E-state index contributed by atoms with van der Waals surface area (Å²) in [6.45, 7) is 6.09. The quantitative estimate of drug-likeness (QED) is 0.608. The number of sulfonamides is 1. The number of nitrogens with one attached hydrogen (secondary N) is 1. The van der Waals surface area contributed by atoms with Crippen LogP contribution in [0, 0.1) is 26.7 Å². The fraction of sp³-hybridized carbons (Fsp3) is 0.409. The standard InChI is InChI=1S/C22H26F2N2O3S2/c1-14-12-15(2)20(16(3)13-14)31(28,29)26-10-8-17(9-11-26)21(27)25-18-4-6-19(7-5-18)30-22(23)24/h4-7,12-13,17,22H,8-11H2,1-3H3,(H,25,27). The summed E-state index contributed by atoms with van der Waals surface area (Å²) >= 11 is 0.449. The highest BCUT2D eigenvalue weighted by Gasteiger charge is 2.33. The monoisotopic (exact) mass is 468 g/mol. The Morgan fingerprint density at radius 1 is 1.06 bits per heavy atom. The zero-order chi connectivity index (χ0) is 22.8. The fourth-order valence-corrected chi connectivity index (χ4v) is 6.41. The van der Waals surface area contributed by atoms with Crippen LogP contribution in [0.5, 0.6) is 0 Å². The number of alkyl halides is 2. The van der Waals surface area contributed by atoms with E-state index >= 15 is 0 Å². The van der Waals surface area contributed by atoms with Gasteiger partial charge in [-0.1, -0.05) is 29.5 Å². The van der Waals surface area contributed by atoms with Gasteiger partial charge in [0.05, 0.1) is 4.90 Å². The van der Waals surface area contributed by atoms with Gasteiger partial charge in [-0.2, -0.15) is 13.1 Å². The van der Waals surface area contributed by atoms with Gasteiger partial charge in [-0.05, 0) is 69.0 Å². The number of carbonyl (C=O) groups is 1. The summed E-state index contributed by atoms with van der Waals surface area (Å²) in [5.41, 5.74) is 3.01. The van der Waals surface area contributed by atoms with Crippen molar-refractivity contribution in [3.8, 4) is 0 Å². The summed E-state index contributed by atoms with van der Waals surface area (Å²) in [7, 11) is -3.62. The molecule has 2 aromatic rings. The average Bonchev–Trinajstić information content (AvgIpc) is 2.68. The third kappa shape index (κ3) is 5.64. The second kappa shape index (κ2) is 9.67. The first-order valence-corrected chi connectivity index (χ1v) is 12.3. The van der Waals surface area contributed by atoms with Crippen molar-refractivity contribution in [2.24, 2.45) is 5.92 Å². The van der Waals surface area contributed by atoms with Crippen LogP contribution in [-0.4, -0.2) is 37.5 Å². The van der Waals surface area contributed by atoms with Crippen molar-refractivity contribution in [2.75, 3.05) is 18.4 Å². The number of piperidine rings is 1. The minimum atomic E-state index is -3.62. The van der Waals surface area contributed by atoms with Gasteiger partial charge >= 0.3 is 0 Å². The van der Waals surface area contributed by atoms with Crippen molar-refractivity contribution in [2.45, 2.75) is 49.2 Å². The fourth-order valence-electron chi connectivity index (χ4n) is 4.03. The molecule has 1 saturated heterocycles. The van der Waals surface area contributed by atoms with Crippen LogP contribution in [0.2, 0.25) is 0 Å². The van der Waals surface area contributed by atoms with E-state index in [1.807, 2.05) is 19.1 Å². The highest BCUT2D eigenvalue weighted by atomic mass is 32.2. The van der Waals surface area contributed by atoms with Crippen LogP contribution in [0.15, 0.2) is 46.2 Å². The minimum Gasteiger partial charge on any atom is -0.326 e. The summed E-state index contributed by atoms with van der Waals surface area (Å²) < 4.78 is 52.6. The molecule has 0 aromatic heterocycles. The molecule has 1 aliphatic heterocycles. The van der Waals surface area contributed by atoms with Gasteiger partial charge in [0.1, 0.15) is 0 Å². The van der Waals surface area contributed by atoms with Crippen LogP contribution in [0.1, 0.15) is 29.5 Å². The maximum Gasteiger partial charge on any atom is 0.288 e. The number of hydrogen-bond acceptors (Lipinski definition) is 4. The van der Waals surface area contributed by atoms with E-state index in [2.05, 4.69) is 5.32 Å². The minimum absolute atomic E-state index is 0.186. The van der Waals surface area contributed by atoms with Crippen LogP contribution in [0.4, 0.5) is 14.5 Å². The molecule has 1 amide bonds. The molecule has 0 spiro atoms. The van der Waals surface area contributed by atoms with E-state index in [0.29, 0.717) is 40.1 Å². The summed E-state index contributed by atoms with van der Waals surface area (Å²) in [5, 5.41) is 2.80. The molecule has 168 valence electrons. The Morgan fingerprint density at radius 3 is 2.13 bits per heavy atom. The van der Waals surface area contributed by atoms with Gasteiger partial charge in [0.2, 0.25) is 15.9 Å². The number of aryl methyl sites for hydroxylation is 3. The van der Waals surface area contributed by atoms with Gasteiger partial charge in [0, 0.05) is 29.6 Å². The van der Waals surface area contributed by atoms with E-state index in [4.69, 9.17) is 0 Å².